The summed E-state index contributed by atoms with van der Waals surface area (Å²) in [5.41, 5.74) is 1.39. The van der Waals surface area contributed by atoms with Gasteiger partial charge in [-0.15, -0.1) is 24.0 Å². The van der Waals surface area contributed by atoms with Crippen LogP contribution in [0.5, 0.6) is 0 Å². The van der Waals surface area contributed by atoms with E-state index in [1.807, 2.05) is 11.9 Å². The van der Waals surface area contributed by atoms with Crippen LogP contribution in [-0.2, 0) is 11.3 Å². The number of likely N-dealkylation sites (tertiary alicyclic amines) is 2. The topological polar surface area (TPSA) is 54.4 Å². The summed E-state index contributed by atoms with van der Waals surface area (Å²) in [6.45, 7) is 9.27. The van der Waals surface area contributed by atoms with Crippen molar-refractivity contribution in [1.82, 2.24) is 24.9 Å². The summed E-state index contributed by atoms with van der Waals surface area (Å²) < 4.78 is 0. The van der Waals surface area contributed by atoms with Crippen molar-refractivity contribution >= 4 is 35.8 Å². The SMILES string of the molecule is CN=C(NCC1CCCN1Cc1ccccc1)N1CCN(CC(=O)N2CCCC2)CC1.I. The van der Waals surface area contributed by atoms with Crippen LogP contribution in [0.15, 0.2) is 35.3 Å². The number of hydrogen-bond donors (Lipinski definition) is 1. The fourth-order valence-corrected chi connectivity index (χ4v) is 5.07. The molecule has 0 aliphatic carbocycles. The monoisotopic (exact) mass is 554 g/mol. The predicted octanol–water partition coefficient (Wildman–Crippen LogP) is 2.08. The molecule has 8 heteroatoms. The van der Waals surface area contributed by atoms with Crippen LogP contribution in [0.1, 0.15) is 31.2 Å². The summed E-state index contributed by atoms with van der Waals surface area (Å²) in [7, 11) is 1.88. The van der Waals surface area contributed by atoms with E-state index in [-0.39, 0.29) is 24.0 Å². The highest BCUT2D eigenvalue weighted by Crippen LogP contribution is 2.19. The summed E-state index contributed by atoms with van der Waals surface area (Å²) in [6, 6.07) is 11.3. The van der Waals surface area contributed by atoms with Crippen molar-refractivity contribution < 1.29 is 4.79 Å². The number of nitrogens with one attached hydrogen (secondary N) is 1. The zero-order valence-corrected chi connectivity index (χ0v) is 21.7. The molecule has 0 aromatic heterocycles. The molecule has 3 aliphatic rings. The van der Waals surface area contributed by atoms with Gasteiger partial charge in [0.05, 0.1) is 6.54 Å². The van der Waals surface area contributed by atoms with Gasteiger partial charge in [-0.1, -0.05) is 30.3 Å². The molecule has 1 unspecified atom stereocenters. The Morgan fingerprint density at radius 2 is 1.69 bits per heavy atom. The number of aliphatic imine (C=N–C) groups is 1. The van der Waals surface area contributed by atoms with Gasteiger partial charge >= 0.3 is 0 Å². The number of benzene rings is 1. The predicted molar refractivity (Wildman–Crippen MR) is 140 cm³/mol. The largest absolute Gasteiger partial charge is 0.355 e. The van der Waals surface area contributed by atoms with Crippen molar-refractivity contribution in [3.05, 3.63) is 35.9 Å². The molecule has 32 heavy (non-hydrogen) atoms. The van der Waals surface area contributed by atoms with E-state index in [0.29, 0.717) is 18.5 Å². The number of guanidine groups is 1. The summed E-state index contributed by atoms with van der Waals surface area (Å²) in [5, 5.41) is 3.64. The number of hydrogen-bond acceptors (Lipinski definition) is 4. The number of amides is 1. The third kappa shape index (κ3) is 6.81. The first-order valence-corrected chi connectivity index (χ1v) is 12.0. The van der Waals surface area contributed by atoms with E-state index in [1.54, 1.807) is 0 Å². The molecule has 0 bridgehead atoms. The average Bonchev–Trinajstić information content (AvgIpc) is 3.49. The second-order valence-electron chi connectivity index (χ2n) is 9.03. The molecule has 3 aliphatic heterocycles. The maximum absolute atomic E-state index is 12.4. The summed E-state index contributed by atoms with van der Waals surface area (Å²) in [6.07, 6.45) is 4.82. The van der Waals surface area contributed by atoms with Gasteiger partial charge in [0, 0.05) is 65.4 Å². The normalized spacial score (nSPS) is 22.8. The summed E-state index contributed by atoms with van der Waals surface area (Å²) in [4.78, 5) is 26.2. The molecule has 178 valence electrons. The zero-order chi connectivity index (χ0) is 21.5. The van der Waals surface area contributed by atoms with E-state index in [2.05, 4.69) is 55.3 Å². The van der Waals surface area contributed by atoms with Gasteiger partial charge in [-0.3, -0.25) is 19.6 Å². The Morgan fingerprint density at radius 1 is 0.969 bits per heavy atom. The summed E-state index contributed by atoms with van der Waals surface area (Å²) in [5.74, 6) is 1.30. The van der Waals surface area contributed by atoms with Gasteiger partial charge in [0.1, 0.15) is 0 Å². The van der Waals surface area contributed by atoms with E-state index in [9.17, 15) is 4.79 Å². The Morgan fingerprint density at radius 3 is 2.38 bits per heavy atom. The Hall–Kier alpha value is -1.39. The molecule has 1 N–H and O–H groups in total. The highest BCUT2D eigenvalue weighted by Gasteiger charge is 2.27. The van der Waals surface area contributed by atoms with Gasteiger partial charge in [-0.05, 0) is 37.8 Å². The van der Waals surface area contributed by atoms with Gasteiger partial charge in [-0.25, -0.2) is 0 Å². The number of halogens is 1. The van der Waals surface area contributed by atoms with Crippen molar-refractivity contribution in [2.45, 2.75) is 38.3 Å². The minimum absolute atomic E-state index is 0. The molecule has 7 nitrogen and oxygen atoms in total. The van der Waals surface area contributed by atoms with E-state index >= 15 is 0 Å². The van der Waals surface area contributed by atoms with Crippen LogP contribution in [0.2, 0.25) is 0 Å². The van der Waals surface area contributed by atoms with Crippen LogP contribution in [0, 0.1) is 0 Å². The van der Waals surface area contributed by atoms with Crippen molar-refractivity contribution in [3.8, 4) is 0 Å². The molecule has 0 saturated carbocycles. The number of nitrogens with zero attached hydrogens (tertiary/aromatic N) is 5. The first-order chi connectivity index (χ1) is 15.2. The van der Waals surface area contributed by atoms with Crippen LogP contribution in [-0.4, -0.2) is 103 Å². The Balaban J connectivity index is 0.00000289. The molecule has 4 rings (SSSR count). The minimum atomic E-state index is 0. The van der Waals surface area contributed by atoms with Gasteiger partial charge in [-0.2, -0.15) is 0 Å². The third-order valence-electron chi connectivity index (χ3n) is 6.92. The van der Waals surface area contributed by atoms with Crippen LogP contribution in [0.3, 0.4) is 0 Å². The molecule has 0 radical (unpaired) electrons. The van der Waals surface area contributed by atoms with Gasteiger partial charge in [0.25, 0.3) is 0 Å². The van der Waals surface area contributed by atoms with Gasteiger partial charge in [0.15, 0.2) is 5.96 Å². The lowest BCUT2D eigenvalue weighted by atomic mass is 10.2. The van der Waals surface area contributed by atoms with Crippen molar-refractivity contribution in [2.75, 3.05) is 66.0 Å². The Bertz CT molecular complexity index is 731. The fraction of sp³-hybridized carbons (Fsp3) is 0.667. The molecule has 3 heterocycles. The van der Waals surface area contributed by atoms with Gasteiger partial charge in [0.2, 0.25) is 5.91 Å². The van der Waals surface area contributed by atoms with E-state index in [0.717, 1.165) is 71.2 Å². The Kier molecular flexibility index (Phi) is 10.1. The third-order valence-corrected chi connectivity index (χ3v) is 6.92. The lowest BCUT2D eigenvalue weighted by molar-refractivity contribution is -0.131. The van der Waals surface area contributed by atoms with E-state index < -0.39 is 0 Å². The molecular weight excluding hydrogens is 515 g/mol. The number of rotatable bonds is 6. The van der Waals surface area contributed by atoms with Crippen molar-refractivity contribution in [1.29, 1.82) is 0 Å². The molecule has 1 aromatic rings. The molecule has 1 atom stereocenters. The van der Waals surface area contributed by atoms with Crippen LogP contribution in [0.25, 0.3) is 0 Å². The summed E-state index contributed by atoms with van der Waals surface area (Å²) >= 11 is 0. The van der Waals surface area contributed by atoms with Crippen LogP contribution in [0.4, 0.5) is 0 Å². The quantitative estimate of drug-likeness (QED) is 0.332. The first-order valence-electron chi connectivity index (χ1n) is 12.0. The lowest BCUT2D eigenvalue weighted by Gasteiger charge is -2.37. The highest BCUT2D eigenvalue weighted by molar-refractivity contribution is 14.0. The second-order valence-corrected chi connectivity index (χ2v) is 9.03. The highest BCUT2D eigenvalue weighted by atomic mass is 127. The zero-order valence-electron chi connectivity index (χ0n) is 19.4. The van der Waals surface area contributed by atoms with E-state index in [4.69, 9.17) is 0 Å². The van der Waals surface area contributed by atoms with Crippen molar-refractivity contribution in [2.24, 2.45) is 4.99 Å². The van der Waals surface area contributed by atoms with Crippen LogP contribution >= 0.6 is 24.0 Å². The molecular formula is C24H39IN6O. The molecule has 0 spiro atoms. The van der Waals surface area contributed by atoms with Gasteiger partial charge < -0.3 is 15.1 Å². The standard InChI is InChI=1S/C24H38N6O.HI/c1-25-24(26-18-22-10-7-13-30(22)19-21-8-3-2-4-9-21)29-16-14-27(15-17-29)20-23(31)28-11-5-6-12-28;/h2-4,8-9,22H,5-7,10-20H2,1H3,(H,25,26);1H. The first kappa shape index (κ1) is 25.2. The smallest absolute Gasteiger partial charge is 0.236 e. The lowest BCUT2D eigenvalue weighted by Crippen LogP contribution is -2.55. The van der Waals surface area contributed by atoms with Crippen molar-refractivity contribution in [3.63, 3.8) is 0 Å². The fourth-order valence-electron chi connectivity index (χ4n) is 5.07. The molecule has 1 aromatic carbocycles. The molecule has 3 saturated heterocycles. The average molecular weight is 555 g/mol. The maximum Gasteiger partial charge on any atom is 0.236 e. The maximum atomic E-state index is 12.4. The molecule has 3 fully saturated rings. The van der Waals surface area contributed by atoms with Crippen LogP contribution < -0.4 is 5.32 Å². The number of carbonyl (C=O) groups is 1. The molecule has 1 amide bonds. The number of piperazine rings is 1. The Labute approximate surface area is 210 Å². The second kappa shape index (κ2) is 12.7. The minimum Gasteiger partial charge on any atom is -0.355 e. The van der Waals surface area contributed by atoms with E-state index in [1.165, 1.54) is 24.9 Å². The number of carbonyl (C=O) groups excluding carboxylic acids is 1.